The first-order valence-electron chi connectivity index (χ1n) is 5.23. The van der Waals surface area contributed by atoms with Crippen LogP contribution in [0.4, 0.5) is 18.9 Å². The molecular formula is C11H7ClF3NO2. The maximum Gasteiger partial charge on any atom is 0.449 e. The van der Waals surface area contributed by atoms with Crippen LogP contribution in [0.1, 0.15) is 12.8 Å². The Kier molecular flexibility index (Phi) is 2.15. The van der Waals surface area contributed by atoms with Crippen molar-refractivity contribution in [3.05, 3.63) is 23.2 Å². The molecule has 96 valence electrons. The number of nitrogens with zero attached hydrogens (tertiary/aromatic N) is 1. The highest BCUT2D eigenvalue weighted by atomic mass is 35.5. The maximum absolute atomic E-state index is 13.2. The van der Waals surface area contributed by atoms with Crippen LogP contribution in [0, 0.1) is 0 Å². The Morgan fingerprint density at radius 2 is 2.11 bits per heavy atom. The van der Waals surface area contributed by atoms with Gasteiger partial charge in [0.05, 0.1) is 5.69 Å². The molecule has 1 atom stereocenters. The van der Waals surface area contributed by atoms with Gasteiger partial charge in [-0.2, -0.15) is 13.2 Å². The highest BCUT2D eigenvalue weighted by molar-refractivity contribution is 6.31. The van der Waals surface area contributed by atoms with Crippen molar-refractivity contribution in [2.45, 2.75) is 24.7 Å². The third-order valence-corrected chi connectivity index (χ3v) is 3.41. The molecule has 7 heteroatoms. The predicted molar refractivity (Wildman–Crippen MR) is 57.6 cm³/mol. The summed E-state index contributed by atoms with van der Waals surface area (Å²) in [5.74, 6) is -0.571. The third kappa shape index (κ3) is 1.29. The molecule has 1 saturated heterocycles. The summed E-state index contributed by atoms with van der Waals surface area (Å²) in [7, 11) is 0. The van der Waals surface area contributed by atoms with Crippen molar-refractivity contribution in [3.8, 4) is 5.75 Å². The van der Waals surface area contributed by atoms with Crippen molar-refractivity contribution in [2.75, 3.05) is 4.90 Å². The van der Waals surface area contributed by atoms with Crippen LogP contribution in [0.15, 0.2) is 18.2 Å². The number of benzene rings is 1. The minimum Gasteiger partial charge on any atom is -0.455 e. The topological polar surface area (TPSA) is 29.5 Å². The zero-order valence-electron chi connectivity index (χ0n) is 8.92. The number of rotatable bonds is 0. The molecule has 0 bridgehead atoms. The van der Waals surface area contributed by atoms with Crippen molar-refractivity contribution in [1.82, 2.24) is 0 Å². The summed E-state index contributed by atoms with van der Waals surface area (Å²) in [5, 5.41) is 0.259. The molecule has 0 unspecified atom stereocenters. The second kappa shape index (κ2) is 3.32. The second-order valence-electron chi connectivity index (χ2n) is 4.23. The molecule has 0 spiro atoms. The van der Waals surface area contributed by atoms with Crippen LogP contribution in [0.3, 0.4) is 0 Å². The Morgan fingerprint density at radius 1 is 1.39 bits per heavy atom. The maximum atomic E-state index is 13.2. The SMILES string of the molecule is O=C1CC[C@]2(C(F)(F)F)Oc3ccc(Cl)cc3N12. The van der Waals surface area contributed by atoms with E-state index in [0.717, 1.165) is 0 Å². The Morgan fingerprint density at radius 3 is 2.78 bits per heavy atom. The molecule has 2 aliphatic heterocycles. The van der Waals surface area contributed by atoms with Crippen LogP contribution in [0.5, 0.6) is 5.75 Å². The summed E-state index contributed by atoms with van der Waals surface area (Å²) in [6, 6.07) is 4.08. The lowest BCUT2D eigenvalue weighted by molar-refractivity contribution is -0.238. The van der Waals surface area contributed by atoms with Crippen molar-refractivity contribution in [3.63, 3.8) is 0 Å². The molecule has 1 fully saturated rings. The highest BCUT2D eigenvalue weighted by Gasteiger charge is 2.69. The Hall–Kier alpha value is -1.43. The lowest BCUT2D eigenvalue weighted by atomic mass is 10.1. The second-order valence-corrected chi connectivity index (χ2v) is 4.66. The summed E-state index contributed by atoms with van der Waals surface area (Å²) in [6.07, 6.45) is -5.24. The van der Waals surface area contributed by atoms with Crippen LogP contribution in [-0.4, -0.2) is 17.8 Å². The van der Waals surface area contributed by atoms with Gasteiger partial charge in [0.15, 0.2) is 0 Å². The average Bonchev–Trinajstić information content (AvgIpc) is 2.75. The normalized spacial score (nSPS) is 26.0. The number of hydrogen-bond acceptors (Lipinski definition) is 2. The van der Waals surface area contributed by atoms with Gasteiger partial charge in [0.1, 0.15) is 5.75 Å². The molecule has 2 aliphatic rings. The predicted octanol–water partition coefficient (Wildman–Crippen LogP) is 3.12. The fourth-order valence-corrected chi connectivity index (χ4v) is 2.55. The van der Waals surface area contributed by atoms with Gasteiger partial charge in [0, 0.05) is 17.9 Å². The first-order chi connectivity index (χ1) is 8.35. The number of carbonyl (C=O) groups excluding carboxylic acids is 1. The van der Waals surface area contributed by atoms with E-state index in [-0.39, 0.29) is 22.9 Å². The summed E-state index contributed by atoms with van der Waals surface area (Å²) in [5.41, 5.74) is -2.47. The number of anilines is 1. The van der Waals surface area contributed by atoms with Crippen molar-refractivity contribution >= 4 is 23.2 Å². The van der Waals surface area contributed by atoms with Crippen LogP contribution in [0.2, 0.25) is 5.02 Å². The van der Waals surface area contributed by atoms with E-state index in [9.17, 15) is 18.0 Å². The number of alkyl halides is 3. The highest BCUT2D eigenvalue weighted by Crippen LogP contribution is 2.54. The van der Waals surface area contributed by atoms with Gasteiger partial charge in [-0.05, 0) is 18.2 Å². The van der Waals surface area contributed by atoms with E-state index in [0.29, 0.717) is 4.90 Å². The Labute approximate surface area is 105 Å². The van der Waals surface area contributed by atoms with E-state index in [2.05, 4.69) is 0 Å². The van der Waals surface area contributed by atoms with Gasteiger partial charge in [-0.1, -0.05) is 11.6 Å². The molecule has 18 heavy (non-hydrogen) atoms. The van der Waals surface area contributed by atoms with Gasteiger partial charge in [-0.25, -0.2) is 0 Å². The number of ether oxygens (including phenoxy) is 1. The van der Waals surface area contributed by atoms with E-state index in [1.807, 2.05) is 0 Å². The van der Waals surface area contributed by atoms with E-state index in [1.165, 1.54) is 18.2 Å². The minimum atomic E-state index is -4.65. The smallest absolute Gasteiger partial charge is 0.449 e. The number of hydrogen-bond donors (Lipinski definition) is 0. The van der Waals surface area contributed by atoms with Crippen LogP contribution in [-0.2, 0) is 4.79 Å². The fourth-order valence-electron chi connectivity index (χ4n) is 2.39. The largest absolute Gasteiger partial charge is 0.455 e. The number of amides is 1. The molecule has 0 N–H and O–H groups in total. The molecule has 1 aromatic rings. The first kappa shape index (κ1) is 11.6. The molecule has 0 aliphatic carbocycles. The van der Waals surface area contributed by atoms with Gasteiger partial charge >= 0.3 is 6.18 Å². The number of halogens is 4. The summed E-state index contributed by atoms with van der Waals surface area (Å²) >= 11 is 5.75. The lowest BCUT2D eigenvalue weighted by Crippen LogP contribution is -2.57. The molecule has 1 amide bonds. The molecule has 3 rings (SSSR count). The van der Waals surface area contributed by atoms with Gasteiger partial charge in [-0.3, -0.25) is 9.69 Å². The summed E-state index contributed by atoms with van der Waals surface area (Å²) < 4.78 is 44.6. The zero-order valence-corrected chi connectivity index (χ0v) is 9.68. The van der Waals surface area contributed by atoms with Gasteiger partial charge in [0.25, 0.3) is 5.72 Å². The van der Waals surface area contributed by atoms with E-state index >= 15 is 0 Å². The molecule has 1 aromatic carbocycles. The summed E-state index contributed by atoms with van der Waals surface area (Å²) in [6.45, 7) is 0. The summed E-state index contributed by atoms with van der Waals surface area (Å²) in [4.78, 5) is 12.4. The fraction of sp³-hybridized carbons (Fsp3) is 0.364. The van der Waals surface area contributed by atoms with Gasteiger partial charge in [0.2, 0.25) is 5.91 Å². The standard InChI is InChI=1S/C11H7ClF3NO2/c12-6-1-2-8-7(5-6)16-9(17)3-4-10(16,18-8)11(13,14)15/h1-2,5H,3-4H2/t10-/m1/s1. The monoisotopic (exact) mass is 277 g/mol. The van der Waals surface area contributed by atoms with Crippen LogP contribution >= 0.6 is 11.6 Å². The minimum absolute atomic E-state index is 0.0322. The Balaban J connectivity index is 2.19. The molecular weight excluding hydrogens is 271 g/mol. The van der Waals surface area contributed by atoms with Crippen molar-refractivity contribution < 1.29 is 22.7 Å². The first-order valence-corrected chi connectivity index (χ1v) is 5.61. The zero-order chi connectivity index (χ0) is 13.1. The lowest BCUT2D eigenvalue weighted by Gasteiger charge is -2.32. The average molecular weight is 278 g/mol. The quantitative estimate of drug-likeness (QED) is 0.729. The van der Waals surface area contributed by atoms with Crippen molar-refractivity contribution in [2.24, 2.45) is 0 Å². The molecule has 2 heterocycles. The van der Waals surface area contributed by atoms with E-state index in [1.54, 1.807) is 0 Å². The number of carbonyl (C=O) groups is 1. The third-order valence-electron chi connectivity index (χ3n) is 3.17. The van der Waals surface area contributed by atoms with E-state index in [4.69, 9.17) is 16.3 Å². The molecule has 0 radical (unpaired) electrons. The molecule has 0 saturated carbocycles. The van der Waals surface area contributed by atoms with Gasteiger partial charge in [-0.15, -0.1) is 0 Å². The van der Waals surface area contributed by atoms with Crippen LogP contribution < -0.4 is 9.64 Å². The molecule has 3 nitrogen and oxygen atoms in total. The van der Waals surface area contributed by atoms with E-state index < -0.39 is 24.2 Å². The van der Waals surface area contributed by atoms with Crippen LogP contribution in [0.25, 0.3) is 0 Å². The number of fused-ring (bicyclic) bond motifs is 3. The van der Waals surface area contributed by atoms with Crippen molar-refractivity contribution in [1.29, 1.82) is 0 Å². The van der Waals surface area contributed by atoms with Gasteiger partial charge < -0.3 is 4.74 Å². The Bertz CT molecular complexity index is 546. The molecule has 0 aromatic heterocycles.